The monoisotopic (exact) mass is 166 g/mol. The summed E-state index contributed by atoms with van der Waals surface area (Å²) in [5.41, 5.74) is -1.06. The average molecular weight is 166 g/mol. The van der Waals surface area contributed by atoms with Crippen molar-refractivity contribution in [3.8, 4) is 0 Å². The fourth-order valence-corrected chi connectivity index (χ4v) is 0.919. The molecule has 0 radical (unpaired) electrons. The van der Waals surface area contributed by atoms with E-state index in [1.165, 1.54) is 6.92 Å². The molecule has 1 aromatic rings. The Bertz CT molecular complexity index is 277. The maximum atomic E-state index is 12.7. The third-order valence-electron chi connectivity index (χ3n) is 1.86. The molecular formula is C10H11FO. The summed E-state index contributed by atoms with van der Waals surface area (Å²) < 4.78 is 12.7. The average Bonchev–Trinajstić information content (AvgIpc) is 2.06. The van der Waals surface area contributed by atoms with Gasteiger partial charge in [-0.1, -0.05) is 36.9 Å². The maximum absolute atomic E-state index is 12.7. The number of hydrogen-bond acceptors (Lipinski definition) is 1. The molecular weight excluding hydrogens is 155 g/mol. The molecule has 0 aliphatic carbocycles. The van der Waals surface area contributed by atoms with E-state index < -0.39 is 11.4 Å². The van der Waals surface area contributed by atoms with Crippen LogP contribution in [0.25, 0.3) is 0 Å². The Labute approximate surface area is 71.2 Å². The second-order valence-corrected chi connectivity index (χ2v) is 2.84. The molecule has 0 saturated heterocycles. The molecule has 2 heteroatoms. The Balaban J connectivity index is 3.06. The third kappa shape index (κ3) is 1.53. The van der Waals surface area contributed by atoms with Crippen molar-refractivity contribution in [3.05, 3.63) is 48.3 Å². The molecule has 1 unspecified atom stereocenters. The molecule has 0 aliphatic rings. The largest absolute Gasteiger partial charge is 0.378 e. The highest BCUT2D eigenvalue weighted by molar-refractivity contribution is 5.27. The molecule has 1 rings (SSSR count). The summed E-state index contributed by atoms with van der Waals surface area (Å²) in [6, 6.07) is 8.61. The van der Waals surface area contributed by atoms with Gasteiger partial charge >= 0.3 is 0 Å². The van der Waals surface area contributed by atoms with Gasteiger partial charge in [-0.15, -0.1) is 0 Å². The molecule has 0 heterocycles. The van der Waals surface area contributed by atoms with E-state index in [0.717, 1.165) is 0 Å². The molecule has 1 aromatic carbocycles. The van der Waals surface area contributed by atoms with Gasteiger partial charge in [-0.3, -0.25) is 0 Å². The van der Waals surface area contributed by atoms with Gasteiger partial charge < -0.3 is 5.11 Å². The highest BCUT2D eigenvalue weighted by Gasteiger charge is 2.26. The highest BCUT2D eigenvalue weighted by Crippen LogP contribution is 2.27. The summed E-state index contributed by atoms with van der Waals surface area (Å²) in [4.78, 5) is 0. The zero-order valence-electron chi connectivity index (χ0n) is 6.92. The quantitative estimate of drug-likeness (QED) is 0.715. The fraction of sp³-hybridized carbons (Fsp3) is 0.200. The summed E-state index contributed by atoms with van der Waals surface area (Å²) in [6.07, 6.45) is 0. The first-order chi connectivity index (χ1) is 5.55. The first kappa shape index (κ1) is 8.94. The van der Waals surface area contributed by atoms with Crippen LogP contribution in [0.3, 0.4) is 0 Å². The summed E-state index contributed by atoms with van der Waals surface area (Å²) in [5, 5.41) is 9.59. The van der Waals surface area contributed by atoms with E-state index in [1.807, 2.05) is 0 Å². The van der Waals surface area contributed by atoms with E-state index in [-0.39, 0.29) is 0 Å². The van der Waals surface area contributed by atoms with Gasteiger partial charge in [0.25, 0.3) is 0 Å². The summed E-state index contributed by atoms with van der Waals surface area (Å²) in [5.74, 6) is -0.742. The lowest BCUT2D eigenvalue weighted by atomic mass is 9.95. The number of rotatable bonds is 2. The van der Waals surface area contributed by atoms with E-state index in [1.54, 1.807) is 30.3 Å². The number of hydrogen-bond donors (Lipinski definition) is 1. The first-order valence-electron chi connectivity index (χ1n) is 3.68. The number of benzene rings is 1. The van der Waals surface area contributed by atoms with E-state index in [2.05, 4.69) is 6.58 Å². The van der Waals surface area contributed by atoms with Crippen molar-refractivity contribution in [2.24, 2.45) is 0 Å². The molecule has 1 nitrogen and oxygen atoms in total. The smallest absolute Gasteiger partial charge is 0.137 e. The molecule has 0 amide bonds. The normalized spacial score (nSPS) is 15.2. The van der Waals surface area contributed by atoms with Gasteiger partial charge in [0.05, 0.1) is 0 Å². The molecule has 0 saturated carbocycles. The SMILES string of the molecule is C=C(F)C(C)(O)c1ccccc1. The van der Waals surface area contributed by atoms with Gasteiger partial charge in [0.15, 0.2) is 0 Å². The molecule has 0 aliphatic heterocycles. The van der Waals surface area contributed by atoms with Crippen molar-refractivity contribution < 1.29 is 9.50 Å². The molecule has 12 heavy (non-hydrogen) atoms. The lowest BCUT2D eigenvalue weighted by Crippen LogP contribution is -2.21. The van der Waals surface area contributed by atoms with Crippen LogP contribution in [-0.4, -0.2) is 5.11 Å². The minimum absolute atomic E-state index is 0.512. The van der Waals surface area contributed by atoms with Gasteiger partial charge in [-0.2, -0.15) is 0 Å². The van der Waals surface area contributed by atoms with Crippen LogP contribution in [0.5, 0.6) is 0 Å². The van der Waals surface area contributed by atoms with Crippen molar-refractivity contribution in [2.45, 2.75) is 12.5 Å². The minimum Gasteiger partial charge on any atom is -0.378 e. The molecule has 0 aromatic heterocycles. The van der Waals surface area contributed by atoms with Gasteiger partial charge in [0, 0.05) is 0 Å². The van der Waals surface area contributed by atoms with Crippen molar-refractivity contribution in [1.29, 1.82) is 0 Å². The second-order valence-electron chi connectivity index (χ2n) is 2.84. The molecule has 0 spiro atoms. The van der Waals surface area contributed by atoms with E-state index in [0.29, 0.717) is 5.56 Å². The third-order valence-corrected chi connectivity index (χ3v) is 1.86. The number of halogens is 1. The Morgan fingerprint density at radius 1 is 1.42 bits per heavy atom. The maximum Gasteiger partial charge on any atom is 0.137 e. The van der Waals surface area contributed by atoms with Crippen LogP contribution in [-0.2, 0) is 5.60 Å². The van der Waals surface area contributed by atoms with Gasteiger partial charge in [-0.25, -0.2) is 4.39 Å². The second kappa shape index (κ2) is 3.07. The standard InChI is InChI=1S/C10H11FO/c1-8(11)10(2,12)9-6-4-3-5-7-9/h3-7,12H,1H2,2H3. The van der Waals surface area contributed by atoms with E-state index in [4.69, 9.17) is 0 Å². The van der Waals surface area contributed by atoms with Crippen molar-refractivity contribution >= 4 is 0 Å². The molecule has 0 fully saturated rings. The molecule has 1 N–H and O–H groups in total. The Hall–Kier alpha value is -1.15. The van der Waals surface area contributed by atoms with Crippen LogP contribution >= 0.6 is 0 Å². The molecule has 64 valence electrons. The summed E-state index contributed by atoms with van der Waals surface area (Å²) >= 11 is 0. The minimum atomic E-state index is -1.57. The number of aliphatic hydroxyl groups is 1. The fourth-order valence-electron chi connectivity index (χ4n) is 0.919. The Morgan fingerprint density at radius 2 is 1.92 bits per heavy atom. The zero-order valence-corrected chi connectivity index (χ0v) is 6.92. The van der Waals surface area contributed by atoms with Crippen LogP contribution in [0.15, 0.2) is 42.7 Å². The van der Waals surface area contributed by atoms with Crippen LogP contribution < -0.4 is 0 Å². The molecule has 1 atom stereocenters. The topological polar surface area (TPSA) is 20.2 Å². The van der Waals surface area contributed by atoms with Crippen LogP contribution in [0.2, 0.25) is 0 Å². The van der Waals surface area contributed by atoms with Crippen LogP contribution in [0.4, 0.5) is 4.39 Å². The lowest BCUT2D eigenvalue weighted by Gasteiger charge is -2.20. The van der Waals surface area contributed by atoms with Crippen molar-refractivity contribution in [3.63, 3.8) is 0 Å². The first-order valence-corrected chi connectivity index (χ1v) is 3.68. The molecule has 0 bridgehead atoms. The van der Waals surface area contributed by atoms with Crippen molar-refractivity contribution in [2.75, 3.05) is 0 Å². The van der Waals surface area contributed by atoms with Gasteiger partial charge in [0.1, 0.15) is 11.4 Å². The predicted octanol–water partition coefficient (Wildman–Crippen LogP) is 2.38. The predicted molar refractivity (Wildman–Crippen MR) is 46.3 cm³/mol. The zero-order chi connectivity index (χ0) is 9.19. The van der Waals surface area contributed by atoms with Crippen molar-refractivity contribution in [1.82, 2.24) is 0 Å². The summed E-state index contributed by atoms with van der Waals surface area (Å²) in [6.45, 7) is 4.47. The van der Waals surface area contributed by atoms with Crippen LogP contribution in [0.1, 0.15) is 12.5 Å². The highest BCUT2D eigenvalue weighted by atomic mass is 19.1. The van der Waals surface area contributed by atoms with E-state index in [9.17, 15) is 9.50 Å². The Morgan fingerprint density at radius 3 is 2.33 bits per heavy atom. The van der Waals surface area contributed by atoms with Crippen LogP contribution in [0, 0.1) is 0 Å². The Kier molecular flexibility index (Phi) is 2.29. The summed E-state index contributed by atoms with van der Waals surface area (Å²) in [7, 11) is 0. The van der Waals surface area contributed by atoms with Gasteiger partial charge in [0.2, 0.25) is 0 Å². The van der Waals surface area contributed by atoms with E-state index >= 15 is 0 Å². The van der Waals surface area contributed by atoms with Gasteiger partial charge in [-0.05, 0) is 12.5 Å². The lowest BCUT2D eigenvalue weighted by molar-refractivity contribution is 0.0728.